The van der Waals surface area contributed by atoms with E-state index < -0.39 is 21.2 Å². The molecule has 0 amide bonds. The molecule has 0 aliphatic carbocycles. The summed E-state index contributed by atoms with van der Waals surface area (Å²) in [5.41, 5.74) is 0. The van der Waals surface area contributed by atoms with Crippen LogP contribution in [0.3, 0.4) is 0 Å². The first-order chi connectivity index (χ1) is 33.0. The minimum Gasteiger partial charge on any atom is -0.0664 e. The van der Waals surface area contributed by atoms with Crippen LogP contribution in [-0.4, -0.2) is 21.2 Å². The number of halogens is 4. The maximum Gasteiger partial charge on any atom is 0.266 e. The molecule has 0 saturated carbocycles. The normalized spacial score (nSPS) is 10.8. The molecule has 0 atom stereocenters. The van der Waals surface area contributed by atoms with E-state index in [1.807, 2.05) is 0 Å². The molecule has 0 radical (unpaired) electrons. The van der Waals surface area contributed by atoms with Crippen molar-refractivity contribution >= 4 is 64.3 Å². The van der Waals surface area contributed by atoms with Crippen molar-refractivity contribution in [2.45, 2.75) is 350 Å². The Bertz CT molecular complexity index is 856. The first-order valence-corrected chi connectivity index (χ1v) is 31.5. The van der Waals surface area contributed by atoms with E-state index in [-0.39, 0.29) is 19.3 Å². The molecule has 0 rings (SSSR count). The number of carboxylic acids is 3. The SMILES string of the molecule is CCCCCCCCCCCCCCCCCC(=O)[O-].CCCCCCCCCCCCCCCCCC(=O)[O-].CCCCCCCCCCCCCCCCCC(=O)[O-].C[CH](C)[Ti+3].ClC(Cl)(Cl)Cl. The van der Waals surface area contributed by atoms with Crippen molar-refractivity contribution < 1.29 is 50.1 Å². The third-order valence-electron chi connectivity index (χ3n) is 12.0. The Balaban J connectivity index is -0.000000271. The van der Waals surface area contributed by atoms with E-state index in [0.29, 0.717) is 0 Å². The monoisotopic (exact) mass is 1090 g/mol. The predicted octanol–water partition coefficient (Wildman–Crippen LogP) is 18.9. The van der Waals surface area contributed by atoms with Gasteiger partial charge in [0.25, 0.3) is 3.25 Å². The Morgan fingerprint density at radius 1 is 0.304 bits per heavy atom. The van der Waals surface area contributed by atoms with Crippen LogP contribution in [0.25, 0.3) is 0 Å². The van der Waals surface area contributed by atoms with Gasteiger partial charge < -0.3 is 29.7 Å². The fourth-order valence-electron chi connectivity index (χ4n) is 7.92. The maximum absolute atomic E-state index is 10.2. The summed E-state index contributed by atoms with van der Waals surface area (Å²) < 4.78 is -0.778. The molecule has 0 spiro atoms. The largest absolute Gasteiger partial charge is 0.266 e. The van der Waals surface area contributed by atoms with Gasteiger partial charge in [-0.2, -0.15) is 0 Å². The summed E-state index contributed by atoms with van der Waals surface area (Å²) in [6.45, 7) is 11.1. The molecule has 0 N–H and O–H groups in total. The molecule has 0 fully saturated rings. The number of carbonyl (C=O) groups is 3. The van der Waals surface area contributed by atoms with Gasteiger partial charge in [-0.15, -0.1) is 0 Å². The summed E-state index contributed by atoms with van der Waals surface area (Å²) in [7, 11) is 0. The Morgan fingerprint density at radius 3 is 0.478 bits per heavy atom. The van der Waals surface area contributed by atoms with Gasteiger partial charge in [0.15, 0.2) is 0 Å². The van der Waals surface area contributed by atoms with Crippen LogP contribution in [-0.2, 0) is 34.8 Å². The first-order valence-electron chi connectivity index (χ1n) is 29.1. The van der Waals surface area contributed by atoms with E-state index in [0.717, 1.165) is 42.7 Å². The third kappa shape index (κ3) is 114. The molecule has 0 aliphatic heterocycles. The van der Waals surface area contributed by atoms with Crippen LogP contribution in [0.1, 0.15) is 343 Å². The van der Waals surface area contributed by atoms with Crippen LogP contribution in [0.4, 0.5) is 0 Å². The van der Waals surface area contributed by atoms with Crippen LogP contribution in [0.2, 0.25) is 4.22 Å². The molecule has 0 aromatic carbocycles. The van der Waals surface area contributed by atoms with Gasteiger partial charge in [-0.3, -0.25) is 0 Å². The average molecular weight is 1100 g/mol. The quantitative estimate of drug-likeness (QED) is 0.0340. The summed E-state index contributed by atoms with van der Waals surface area (Å²) in [6, 6.07) is 0. The summed E-state index contributed by atoms with van der Waals surface area (Å²) in [5, 5.41) is 30.7. The van der Waals surface area contributed by atoms with E-state index in [9.17, 15) is 29.7 Å². The number of carboxylic acid groups (broad SMARTS) is 3. The molecule has 0 unspecified atom stereocenters. The molecule has 0 bridgehead atoms. The number of hydrogen-bond donors (Lipinski definition) is 0. The zero-order valence-corrected chi connectivity index (χ0v) is 50.6. The molecule has 0 saturated heterocycles. The van der Waals surface area contributed by atoms with Crippen LogP contribution < -0.4 is 15.3 Å². The number of carbonyl (C=O) groups excluding carboxylic acids is 3. The second kappa shape index (κ2) is 70.4. The standard InChI is InChI=1S/3C18H36O2.C3H7.CCl4.Ti/c3*1-2-3-4-5-6-7-8-9-10-11-12-13-14-15-16-17-18(19)20;1-3-2;2-1(3,4)5;/h3*2-17H2,1H3,(H,19,20);3H,1-2H3;;/q;;;;;+3/p-3. The molecule has 6 nitrogen and oxygen atoms in total. The predicted molar refractivity (Wildman–Crippen MR) is 295 cm³/mol. The van der Waals surface area contributed by atoms with Gasteiger partial charge in [0.1, 0.15) is 0 Å². The molecule has 69 heavy (non-hydrogen) atoms. The van der Waals surface area contributed by atoms with Gasteiger partial charge in [0.05, 0.1) is 0 Å². The van der Waals surface area contributed by atoms with Gasteiger partial charge in [-0.1, -0.05) is 337 Å². The minimum absolute atomic E-state index is 0.234. The number of alkyl halides is 4. The summed E-state index contributed by atoms with van der Waals surface area (Å²) in [6.07, 6.45) is 59.6. The van der Waals surface area contributed by atoms with Crippen molar-refractivity contribution in [3.8, 4) is 0 Å². The smallest absolute Gasteiger partial charge is 0.0664 e. The summed E-state index contributed by atoms with van der Waals surface area (Å²) >= 11 is 21.5. The molecular formula is C58H112Cl4O6Ti. The van der Waals surface area contributed by atoms with E-state index in [1.165, 1.54) is 250 Å². The van der Waals surface area contributed by atoms with E-state index >= 15 is 0 Å². The molecule has 0 aromatic heterocycles. The van der Waals surface area contributed by atoms with Crippen molar-refractivity contribution in [1.29, 1.82) is 0 Å². The molecule has 0 aliphatic rings. The fourth-order valence-corrected chi connectivity index (χ4v) is 7.92. The Labute approximate surface area is 461 Å². The van der Waals surface area contributed by atoms with Crippen molar-refractivity contribution in [3.63, 3.8) is 0 Å². The molecular weight excluding hydrogens is 982 g/mol. The van der Waals surface area contributed by atoms with Crippen LogP contribution in [0.5, 0.6) is 0 Å². The zero-order valence-electron chi connectivity index (χ0n) is 46.0. The molecule has 0 heterocycles. The number of rotatable bonds is 48. The van der Waals surface area contributed by atoms with Gasteiger partial charge in [0.2, 0.25) is 0 Å². The number of aliphatic carboxylic acids is 3. The first kappa shape index (κ1) is 78.2. The molecule has 0 aromatic rings. The van der Waals surface area contributed by atoms with E-state index in [1.54, 1.807) is 0 Å². The van der Waals surface area contributed by atoms with Gasteiger partial charge in [-0.25, -0.2) is 0 Å². The van der Waals surface area contributed by atoms with Crippen LogP contribution >= 0.6 is 46.4 Å². The zero-order chi connectivity index (χ0) is 52.8. The average Bonchev–Trinajstić information content (AvgIpc) is 3.27. The molecule has 11 heteroatoms. The maximum atomic E-state index is 10.2. The van der Waals surface area contributed by atoms with Gasteiger partial charge >= 0.3 is 38.5 Å². The van der Waals surface area contributed by atoms with Crippen molar-refractivity contribution in [1.82, 2.24) is 0 Å². The Hall–Kier alpha value is 0.284. The Kier molecular flexibility index (Phi) is 79.7. The second-order valence-corrected chi connectivity index (χ2v) is 25.0. The van der Waals surface area contributed by atoms with Crippen molar-refractivity contribution in [2.24, 2.45) is 0 Å². The fraction of sp³-hybridized carbons (Fsp3) is 0.948. The minimum atomic E-state index is -1.61. The van der Waals surface area contributed by atoms with E-state index in [2.05, 4.69) is 55.1 Å². The summed E-state index contributed by atoms with van der Waals surface area (Å²) in [4.78, 5) is 30.7. The van der Waals surface area contributed by atoms with Crippen LogP contribution in [0, 0.1) is 0 Å². The topological polar surface area (TPSA) is 120 Å². The van der Waals surface area contributed by atoms with E-state index in [4.69, 9.17) is 46.4 Å². The van der Waals surface area contributed by atoms with Gasteiger partial charge in [-0.05, 0) is 38.5 Å². The Morgan fingerprint density at radius 2 is 0.391 bits per heavy atom. The van der Waals surface area contributed by atoms with Crippen LogP contribution in [0.15, 0.2) is 0 Å². The number of unbranched alkanes of at least 4 members (excludes halogenated alkanes) is 42. The van der Waals surface area contributed by atoms with Crippen molar-refractivity contribution in [2.75, 3.05) is 0 Å². The van der Waals surface area contributed by atoms with Gasteiger partial charge in [0, 0.05) is 17.9 Å². The summed E-state index contributed by atoms with van der Waals surface area (Å²) in [5.74, 6) is -2.71. The second-order valence-electron chi connectivity index (χ2n) is 19.8. The third-order valence-corrected chi connectivity index (χ3v) is 12.0. The van der Waals surface area contributed by atoms with Crippen molar-refractivity contribution in [3.05, 3.63) is 0 Å². The molecule has 412 valence electrons. The number of hydrogen-bond acceptors (Lipinski definition) is 6.